The number of ether oxygens (including phenoxy) is 1. The second kappa shape index (κ2) is 8.22. The average molecular weight is 348 g/mol. The van der Waals surface area contributed by atoms with Crippen molar-refractivity contribution in [2.75, 3.05) is 20.2 Å². The summed E-state index contributed by atoms with van der Waals surface area (Å²) in [6.45, 7) is 2.54. The Kier molecular flexibility index (Phi) is 6.04. The summed E-state index contributed by atoms with van der Waals surface area (Å²) in [5.41, 5.74) is 2.04. The van der Waals surface area contributed by atoms with Gasteiger partial charge in [0.15, 0.2) is 6.19 Å². The van der Waals surface area contributed by atoms with Gasteiger partial charge in [0.05, 0.1) is 6.61 Å². The molecule has 0 spiro atoms. The Morgan fingerprint density at radius 3 is 2.96 bits per heavy atom. The van der Waals surface area contributed by atoms with Gasteiger partial charge in [-0.3, -0.25) is 10.3 Å². The van der Waals surface area contributed by atoms with Gasteiger partial charge in [-0.25, -0.2) is 4.79 Å². The first-order chi connectivity index (χ1) is 11.6. The van der Waals surface area contributed by atoms with E-state index in [9.17, 15) is 4.79 Å². The van der Waals surface area contributed by atoms with Gasteiger partial charge in [-0.2, -0.15) is 5.26 Å². The molecule has 0 saturated heterocycles. The molecule has 24 heavy (non-hydrogen) atoms. The summed E-state index contributed by atoms with van der Waals surface area (Å²) in [6, 6.07) is 5.40. The van der Waals surface area contributed by atoms with Crippen LogP contribution in [0, 0.1) is 11.5 Å². The van der Waals surface area contributed by atoms with E-state index in [0.29, 0.717) is 36.2 Å². The molecular weight excluding hydrogens is 330 g/mol. The number of aliphatic imine (C=N–C) groups is 1. The Morgan fingerprint density at radius 2 is 2.29 bits per heavy atom. The zero-order chi connectivity index (χ0) is 17.5. The van der Waals surface area contributed by atoms with E-state index in [1.807, 2.05) is 12.1 Å². The summed E-state index contributed by atoms with van der Waals surface area (Å²) in [5, 5.41) is 15.5. The number of rotatable bonds is 5. The van der Waals surface area contributed by atoms with E-state index in [-0.39, 0.29) is 0 Å². The van der Waals surface area contributed by atoms with Crippen LogP contribution in [0.5, 0.6) is 0 Å². The number of nitrogens with zero attached hydrogens (tertiary/aromatic N) is 2. The molecule has 0 saturated carbocycles. The van der Waals surface area contributed by atoms with E-state index in [1.165, 1.54) is 0 Å². The van der Waals surface area contributed by atoms with Crippen LogP contribution in [0.15, 0.2) is 23.2 Å². The van der Waals surface area contributed by atoms with Crippen molar-refractivity contribution in [2.24, 2.45) is 4.99 Å². The first-order valence-corrected chi connectivity index (χ1v) is 7.81. The van der Waals surface area contributed by atoms with Crippen LogP contribution in [0.4, 0.5) is 0 Å². The number of nitriles is 1. The van der Waals surface area contributed by atoms with Crippen molar-refractivity contribution in [3.05, 3.63) is 34.5 Å². The van der Waals surface area contributed by atoms with Crippen molar-refractivity contribution in [3.8, 4) is 6.19 Å². The molecule has 2 aromatic rings. The Balaban J connectivity index is 2.28. The van der Waals surface area contributed by atoms with Gasteiger partial charge < -0.3 is 15.0 Å². The van der Waals surface area contributed by atoms with E-state index >= 15 is 0 Å². The number of nitrogens with one attached hydrogen (secondary N) is 3. The predicted molar refractivity (Wildman–Crippen MR) is 93.1 cm³/mol. The molecule has 8 heteroatoms. The minimum Gasteiger partial charge on any atom is -0.461 e. The first-order valence-electron chi connectivity index (χ1n) is 7.43. The smallest absolute Gasteiger partial charge is 0.355 e. The van der Waals surface area contributed by atoms with Gasteiger partial charge in [0, 0.05) is 29.5 Å². The highest BCUT2D eigenvalue weighted by molar-refractivity contribution is 6.31. The van der Waals surface area contributed by atoms with Gasteiger partial charge in [0.25, 0.3) is 0 Å². The maximum atomic E-state index is 12.2. The third-order valence-electron chi connectivity index (χ3n) is 3.41. The average Bonchev–Trinajstić information content (AvgIpc) is 2.92. The normalized spacial score (nSPS) is 11.2. The molecule has 0 bridgehead atoms. The van der Waals surface area contributed by atoms with Crippen LogP contribution in [-0.2, 0) is 11.2 Å². The molecule has 1 aromatic heterocycles. The standard InChI is InChI=1S/C16H18ClN5O2/c1-3-24-15(23)14-11(6-7-20-16(19-2)21-9-18)12-8-10(17)4-5-13(12)22-14/h4-5,8,22H,3,6-7H2,1-2H3,(H2,19,20,21). The van der Waals surface area contributed by atoms with Crippen molar-refractivity contribution >= 4 is 34.4 Å². The van der Waals surface area contributed by atoms with Crippen molar-refractivity contribution < 1.29 is 9.53 Å². The molecule has 3 N–H and O–H groups in total. The van der Waals surface area contributed by atoms with Gasteiger partial charge in [0.1, 0.15) is 5.69 Å². The summed E-state index contributed by atoms with van der Waals surface area (Å²) in [7, 11) is 1.57. The topological polar surface area (TPSA) is 102 Å². The molecule has 2 rings (SSSR count). The summed E-state index contributed by atoms with van der Waals surface area (Å²) >= 11 is 6.08. The lowest BCUT2D eigenvalue weighted by molar-refractivity contribution is 0.0519. The summed E-state index contributed by atoms with van der Waals surface area (Å²) in [4.78, 5) is 19.2. The number of esters is 1. The second-order valence-electron chi connectivity index (χ2n) is 4.87. The largest absolute Gasteiger partial charge is 0.461 e. The minimum atomic E-state index is -0.403. The van der Waals surface area contributed by atoms with Gasteiger partial charge >= 0.3 is 5.97 Å². The number of carbonyl (C=O) groups is 1. The molecule has 0 aliphatic rings. The van der Waals surface area contributed by atoms with E-state index < -0.39 is 5.97 Å². The molecule has 0 aliphatic carbocycles. The third-order valence-corrected chi connectivity index (χ3v) is 3.65. The first kappa shape index (κ1) is 17.6. The molecule has 0 unspecified atom stereocenters. The fourth-order valence-corrected chi connectivity index (χ4v) is 2.57. The lowest BCUT2D eigenvalue weighted by Crippen LogP contribution is -2.35. The van der Waals surface area contributed by atoms with Crippen molar-refractivity contribution in [1.29, 1.82) is 5.26 Å². The molecule has 0 amide bonds. The monoisotopic (exact) mass is 347 g/mol. The van der Waals surface area contributed by atoms with Gasteiger partial charge in [-0.05, 0) is 37.1 Å². The van der Waals surface area contributed by atoms with E-state index in [2.05, 4.69) is 20.6 Å². The molecule has 7 nitrogen and oxygen atoms in total. The zero-order valence-electron chi connectivity index (χ0n) is 13.4. The number of hydrogen-bond donors (Lipinski definition) is 3. The number of halogens is 1. The van der Waals surface area contributed by atoms with Crippen molar-refractivity contribution in [3.63, 3.8) is 0 Å². The molecule has 0 atom stereocenters. The summed E-state index contributed by atoms with van der Waals surface area (Å²) in [5.74, 6) is -0.0348. The van der Waals surface area contributed by atoms with Crippen LogP contribution in [0.2, 0.25) is 5.02 Å². The summed E-state index contributed by atoms with van der Waals surface area (Å²) < 4.78 is 5.11. The molecule has 0 fully saturated rings. The Labute approximate surface area is 144 Å². The molecule has 1 heterocycles. The van der Waals surface area contributed by atoms with Crippen LogP contribution >= 0.6 is 11.6 Å². The molecular formula is C16H18ClN5O2. The Morgan fingerprint density at radius 1 is 1.50 bits per heavy atom. The van der Waals surface area contributed by atoms with E-state index in [1.54, 1.807) is 26.2 Å². The van der Waals surface area contributed by atoms with Crippen LogP contribution in [0.3, 0.4) is 0 Å². The van der Waals surface area contributed by atoms with Crippen LogP contribution in [0.25, 0.3) is 10.9 Å². The number of fused-ring (bicyclic) bond motifs is 1. The van der Waals surface area contributed by atoms with Crippen LogP contribution in [0.1, 0.15) is 23.0 Å². The molecule has 0 radical (unpaired) electrons. The highest BCUT2D eigenvalue weighted by Crippen LogP contribution is 2.26. The number of aromatic nitrogens is 1. The van der Waals surface area contributed by atoms with E-state index in [4.69, 9.17) is 21.6 Å². The van der Waals surface area contributed by atoms with Crippen molar-refractivity contribution in [2.45, 2.75) is 13.3 Å². The molecule has 1 aromatic carbocycles. The Hall–Kier alpha value is -2.72. The second-order valence-corrected chi connectivity index (χ2v) is 5.31. The number of carbonyl (C=O) groups excluding carboxylic acids is 1. The Bertz CT molecular complexity index is 807. The fraction of sp³-hybridized carbons (Fsp3) is 0.312. The highest BCUT2D eigenvalue weighted by Gasteiger charge is 2.18. The number of aromatic amines is 1. The quantitative estimate of drug-likeness (QED) is 0.253. The molecule has 0 aliphatic heterocycles. The maximum Gasteiger partial charge on any atom is 0.355 e. The SMILES string of the molecule is CCOC(=O)c1[nH]c2ccc(Cl)cc2c1CCNC(=NC)NC#N. The van der Waals surface area contributed by atoms with Gasteiger partial charge in [-0.15, -0.1) is 0 Å². The summed E-state index contributed by atoms with van der Waals surface area (Å²) in [6.07, 6.45) is 2.33. The fourth-order valence-electron chi connectivity index (χ4n) is 2.40. The van der Waals surface area contributed by atoms with Gasteiger partial charge in [0.2, 0.25) is 5.96 Å². The maximum absolute atomic E-state index is 12.2. The zero-order valence-corrected chi connectivity index (χ0v) is 14.2. The lowest BCUT2D eigenvalue weighted by Gasteiger charge is -2.08. The highest BCUT2D eigenvalue weighted by atomic mass is 35.5. The number of guanidine groups is 1. The van der Waals surface area contributed by atoms with Gasteiger partial charge in [-0.1, -0.05) is 11.6 Å². The predicted octanol–water partition coefficient (Wildman–Crippen LogP) is 2.19. The van der Waals surface area contributed by atoms with Crippen molar-refractivity contribution in [1.82, 2.24) is 15.6 Å². The molecule has 126 valence electrons. The number of H-pyrrole nitrogens is 1. The number of benzene rings is 1. The van der Waals surface area contributed by atoms with E-state index in [0.717, 1.165) is 16.5 Å². The lowest BCUT2D eigenvalue weighted by atomic mass is 10.1. The minimum absolute atomic E-state index is 0.297. The third kappa shape index (κ3) is 3.97. The number of hydrogen-bond acceptors (Lipinski definition) is 4. The van der Waals surface area contributed by atoms with Crippen LogP contribution in [-0.4, -0.2) is 37.1 Å². The van der Waals surface area contributed by atoms with Crippen LogP contribution < -0.4 is 10.6 Å².